The summed E-state index contributed by atoms with van der Waals surface area (Å²) in [5.74, 6) is -10.1. The minimum absolute atomic E-state index is 0.0217. The van der Waals surface area contributed by atoms with E-state index in [1.807, 2.05) is 51.2 Å². The van der Waals surface area contributed by atoms with Gasteiger partial charge in [-0.2, -0.15) is 0 Å². The summed E-state index contributed by atoms with van der Waals surface area (Å²) in [6, 6.07) is -1.23. The lowest BCUT2D eigenvalue weighted by atomic mass is 9.78. The molecule has 2 bridgehead atoms. The second-order valence-corrected chi connectivity index (χ2v) is 27.5. The zero-order valence-electron chi connectivity index (χ0n) is 48.5. The fourth-order valence-electron chi connectivity index (χ4n) is 11.4. The topological polar surface area (TPSA) is 306 Å². The minimum Gasteiger partial charge on any atom is -0.460 e. The molecule has 3 fully saturated rings. The van der Waals surface area contributed by atoms with Gasteiger partial charge in [0.1, 0.15) is 42.1 Å². The van der Waals surface area contributed by atoms with E-state index in [9.17, 15) is 53.0 Å². The SMILES string of the molecule is CO[C@H]1C[C@@H]2CC[C@@H](C)[C@@](O)(O2)C(=O)C(=O)N2CCCC[C@H]2C(=O)O[C@H]([C@H](C)C[C@H]2CC[C@@H](OC(=O)OCCCCP(=O)(O)CP(=O)(O)O)[C@H](OC)C2)CC(=O)[C@H](C)/C=C(\C)[C@@H](O)[C@@H](OC)C(=O)[C@H](C)C[C@H](C)\C=C/C=C/C=C/1C. The average Bonchev–Trinajstić information content (AvgIpc) is 3.39. The number of ether oxygens (including phenoxy) is 7. The highest BCUT2D eigenvalue weighted by molar-refractivity contribution is 7.72. The minimum atomic E-state index is -4.69. The van der Waals surface area contributed by atoms with Gasteiger partial charge in [0.2, 0.25) is 13.2 Å². The predicted octanol–water partition coefficient (Wildman–Crippen LogP) is 7.53. The monoisotopic (exact) mass is 1170 g/mol. The van der Waals surface area contributed by atoms with Gasteiger partial charge in [0.05, 0.1) is 24.9 Å². The number of nitrogens with zero attached hydrogens (tertiary/aromatic N) is 1. The number of amides is 1. The van der Waals surface area contributed by atoms with E-state index in [1.54, 1.807) is 40.9 Å². The lowest BCUT2D eigenvalue weighted by molar-refractivity contribution is -0.265. The van der Waals surface area contributed by atoms with Crippen LogP contribution in [0.3, 0.4) is 0 Å². The molecule has 21 nitrogen and oxygen atoms in total. The van der Waals surface area contributed by atoms with Crippen LogP contribution >= 0.6 is 15.0 Å². The Kier molecular flexibility index (Phi) is 27.3. The second kappa shape index (κ2) is 31.8. The number of rotatable bonds is 14. The molecule has 2 saturated heterocycles. The third-order valence-electron chi connectivity index (χ3n) is 16.2. The number of Topliss-reactive ketones (excluding diaryl/α,β-unsaturated/α-hetero) is 3. The Morgan fingerprint density at radius 2 is 1.56 bits per heavy atom. The van der Waals surface area contributed by atoms with Crippen molar-refractivity contribution in [1.82, 2.24) is 4.90 Å². The zero-order chi connectivity index (χ0) is 59.7. The lowest BCUT2D eigenvalue weighted by Gasteiger charge is -2.42. The van der Waals surface area contributed by atoms with E-state index in [-0.39, 0.29) is 74.8 Å². The van der Waals surface area contributed by atoms with Crippen LogP contribution in [0, 0.1) is 35.5 Å². The number of methoxy groups -OCH3 is 3. The molecule has 0 aromatic rings. The van der Waals surface area contributed by atoms with Crippen molar-refractivity contribution in [2.75, 3.05) is 46.5 Å². The van der Waals surface area contributed by atoms with Crippen molar-refractivity contribution in [2.45, 2.75) is 193 Å². The Hall–Kier alpha value is -3.72. The van der Waals surface area contributed by atoms with Gasteiger partial charge in [0.25, 0.3) is 11.7 Å². The van der Waals surface area contributed by atoms with Gasteiger partial charge in [-0.25, -0.2) is 9.59 Å². The highest BCUT2D eigenvalue weighted by atomic mass is 31.2. The predicted molar refractivity (Wildman–Crippen MR) is 296 cm³/mol. The van der Waals surface area contributed by atoms with Crippen LogP contribution in [0.5, 0.6) is 0 Å². The molecule has 454 valence electrons. The number of carbonyl (C=O) groups is 6. The van der Waals surface area contributed by atoms with E-state index in [1.165, 1.54) is 14.2 Å². The molecule has 1 saturated carbocycles. The molecule has 0 radical (unpaired) electrons. The summed E-state index contributed by atoms with van der Waals surface area (Å²) in [4.78, 5) is 113. The quantitative estimate of drug-likeness (QED) is 0.0369. The summed E-state index contributed by atoms with van der Waals surface area (Å²) < 4.78 is 63.8. The number of hydrogen-bond acceptors (Lipinski definition) is 17. The number of aliphatic hydroxyl groups is 2. The zero-order valence-corrected chi connectivity index (χ0v) is 50.3. The van der Waals surface area contributed by atoms with Gasteiger partial charge in [-0.1, -0.05) is 71.1 Å². The van der Waals surface area contributed by atoms with Crippen molar-refractivity contribution in [3.05, 3.63) is 47.6 Å². The van der Waals surface area contributed by atoms with E-state index in [0.29, 0.717) is 63.4 Å². The fourth-order valence-corrected chi connectivity index (χ4v) is 15.0. The molecule has 3 heterocycles. The molecule has 5 N–H and O–H groups in total. The molecule has 1 amide bonds. The first-order valence-electron chi connectivity index (χ1n) is 28.2. The maximum absolute atomic E-state index is 14.6. The Labute approximate surface area is 472 Å². The smallest absolute Gasteiger partial charge is 0.460 e. The van der Waals surface area contributed by atoms with Crippen LogP contribution in [0.25, 0.3) is 0 Å². The van der Waals surface area contributed by atoms with Crippen molar-refractivity contribution in [3.63, 3.8) is 0 Å². The molecule has 80 heavy (non-hydrogen) atoms. The van der Waals surface area contributed by atoms with Crippen molar-refractivity contribution in [1.29, 1.82) is 0 Å². The molecule has 23 heteroatoms. The first-order chi connectivity index (χ1) is 37.5. The first kappa shape index (κ1) is 68.8. The summed E-state index contributed by atoms with van der Waals surface area (Å²) >= 11 is 0. The molecule has 0 spiro atoms. The first-order valence-corrected chi connectivity index (χ1v) is 32.0. The van der Waals surface area contributed by atoms with Crippen LogP contribution in [0.1, 0.15) is 138 Å². The Morgan fingerprint density at radius 3 is 2.23 bits per heavy atom. The van der Waals surface area contributed by atoms with Crippen LogP contribution < -0.4 is 0 Å². The van der Waals surface area contributed by atoms with E-state index >= 15 is 0 Å². The van der Waals surface area contributed by atoms with Crippen molar-refractivity contribution >= 4 is 50.3 Å². The highest BCUT2D eigenvalue weighted by Crippen LogP contribution is 2.55. The van der Waals surface area contributed by atoms with Gasteiger partial charge in [0, 0.05) is 64.6 Å². The van der Waals surface area contributed by atoms with E-state index in [0.717, 1.165) is 10.5 Å². The normalized spacial score (nSPS) is 36.0. The highest BCUT2D eigenvalue weighted by Gasteiger charge is 2.53. The molecule has 16 atom stereocenters. The number of hydrogen-bond donors (Lipinski definition) is 5. The van der Waals surface area contributed by atoms with Crippen LogP contribution in [0.15, 0.2) is 47.6 Å². The standard InChI is InChI=1S/C57H91NO20P2/c1-35-18-12-11-13-19-36(2)47(72-8)32-43-23-21-41(7)57(66,78-43)53(62)54(63)58-25-15-14-20-44(58)55(64)76-48(33-45(59)37(3)29-40(6)51(61)52(74-10)50(60)39(5)28-35)38(4)30-42-22-24-46(49(31-42)73-9)77-56(65)75-26-16-17-27-79(67,68)34-80(69,70)71/h11-13,18-19,29,35,37-39,41-44,46-49,51-52,61,66H,14-17,20-28,30-34H2,1-10H3,(H,67,68)(H2,69,70,71)/b13-11+,18-12-,36-19+,40-29+/t35-,37-,38-,39-,41-,42-,43+,44+,46-,47+,48+,49-,51-,52+,57-/m1/s1. The fraction of sp³-hybridized carbons (Fsp3) is 0.754. The maximum Gasteiger partial charge on any atom is 0.508 e. The van der Waals surface area contributed by atoms with Gasteiger partial charge in [-0.3, -0.25) is 28.3 Å². The number of allylic oxidation sites excluding steroid dienone is 6. The van der Waals surface area contributed by atoms with Crippen LogP contribution in [0.2, 0.25) is 0 Å². The van der Waals surface area contributed by atoms with Gasteiger partial charge >= 0.3 is 19.7 Å². The molecule has 1 unspecified atom stereocenters. The van der Waals surface area contributed by atoms with Gasteiger partial charge in [0.15, 0.2) is 5.78 Å². The van der Waals surface area contributed by atoms with Crippen LogP contribution in [-0.2, 0) is 66.3 Å². The van der Waals surface area contributed by atoms with Crippen molar-refractivity contribution in [3.8, 4) is 0 Å². The number of carbonyl (C=O) groups excluding carboxylic acids is 6. The molecule has 4 rings (SSSR count). The molecule has 1 aliphatic carbocycles. The number of fused-ring (bicyclic) bond motifs is 3. The molecule has 3 aliphatic heterocycles. The van der Waals surface area contributed by atoms with Gasteiger partial charge in [-0.05, 0) is 120 Å². The number of piperidine rings is 1. The second-order valence-electron chi connectivity index (χ2n) is 22.9. The molecule has 0 aromatic heterocycles. The number of esters is 1. The van der Waals surface area contributed by atoms with E-state index in [2.05, 4.69) is 0 Å². The summed E-state index contributed by atoms with van der Waals surface area (Å²) in [5, 5.41) is 23.6. The summed E-state index contributed by atoms with van der Waals surface area (Å²) in [5.41, 5.74) is 1.17. The number of aliphatic hydroxyl groups excluding tert-OH is 1. The average molecular weight is 1170 g/mol. The van der Waals surface area contributed by atoms with Crippen molar-refractivity contribution < 1.29 is 95.9 Å². The van der Waals surface area contributed by atoms with Crippen molar-refractivity contribution in [2.24, 2.45) is 35.5 Å². The lowest BCUT2D eigenvalue weighted by Crippen LogP contribution is -2.61. The van der Waals surface area contributed by atoms with E-state index in [4.69, 9.17) is 42.9 Å². The summed E-state index contributed by atoms with van der Waals surface area (Å²) in [7, 11) is -4.39. The number of cyclic esters (lactones) is 1. The molecular weight excluding hydrogens is 1080 g/mol. The Bertz CT molecular complexity index is 2330. The number of ketones is 3. The summed E-state index contributed by atoms with van der Waals surface area (Å²) in [6.45, 7) is 12.2. The molecular formula is C57H91NO20P2. The Morgan fingerprint density at radius 1 is 0.850 bits per heavy atom. The Balaban J connectivity index is 1.60. The third-order valence-corrected chi connectivity index (χ3v) is 20.5. The van der Waals surface area contributed by atoms with E-state index < -0.39 is 123 Å². The number of unbranched alkanes of at least 4 members (excludes halogenated alkanes) is 1. The molecule has 4 aliphatic rings. The van der Waals surface area contributed by atoms with Gasteiger partial charge in [-0.15, -0.1) is 0 Å². The maximum atomic E-state index is 14.6. The third kappa shape index (κ3) is 20.6. The largest absolute Gasteiger partial charge is 0.508 e. The summed E-state index contributed by atoms with van der Waals surface area (Å²) in [6.07, 6.45) is 7.99. The van der Waals surface area contributed by atoms with Gasteiger partial charge < -0.3 is 63.0 Å². The van der Waals surface area contributed by atoms with Crippen LogP contribution in [0.4, 0.5) is 4.79 Å². The van der Waals surface area contributed by atoms with Crippen LogP contribution in [-0.4, -0.2) is 166 Å². The molecule has 0 aromatic carbocycles.